The molecule has 16 heavy (non-hydrogen) atoms. The van der Waals surface area contributed by atoms with Gasteiger partial charge in [-0.25, -0.2) is 0 Å². The molecule has 1 saturated heterocycles. The van der Waals surface area contributed by atoms with E-state index in [0.29, 0.717) is 11.8 Å². The molecule has 1 aliphatic rings. The fourth-order valence-corrected chi connectivity index (χ4v) is 2.22. The third-order valence-corrected chi connectivity index (χ3v) is 3.37. The van der Waals surface area contributed by atoms with E-state index in [9.17, 15) is 4.79 Å². The Balaban J connectivity index is 2.00. The van der Waals surface area contributed by atoms with Gasteiger partial charge in [0.1, 0.15) is 5.78 Å². The number of hydrogen-bond acceptors (Lipinski definition) is 2. The molecule has 1 heterocycles. The van der Waals surface area contributed by atoms with Crippen LogP contribution in [0.25, 0.3) is 0 Å². The van der Waals surface area contributed by atoms with Crippen LogP contribution in [-0.2, 0) is 11.3 Å². The van der Waals surface area contributed by atoms with Gasteiger partial charge in [0.2, 0.25) is 0 Å². The molecule has 0 N–H and O–H groups in total. The summed E-state index contributed by atoms with van der Waals surface area (Å²) < 4.78 is 0. The molecular weight excluding hydrogens is 198 g/mol. The van der Waals surface area contributed by atoms with Gasteiger partial charge >= 0.3 is 0 Å². The minimum atomic E-state index is 0.419. The Bertz CT molecular complexity index is 347. The summed E-state index contributed by atoms with van der Waals surface area (Å²) in [6, 6.07) is 11.0. The zero-order valence-corrected chi connectivity index (χ0v) is 9.86. The number of benzene rings is 1. The largest absolute Gasteiger partial charge is 0.300 e. The summed E-state index contributed by atoms with van der Waals surface area (Å²) >= 11 is 0. The molecule has 0 radical (unpaired) electrons. The van der Waals surface area contributed by atoms with Gasteiger partial charge in [-0.1, -0.05) is 30.3 Å². The van der Waals surface area contributed by atoms with Gasteiger partial charge in [0, 0.05) is 32.0 Å². The van der Waals surface area contributed by atoms with Crippen LogP contribution in [0, 0.1) is 0 Å². The predicted octanol–water partition coefficient (Wildman–Crippen LogP) is 2.63. The van der Waals surface area contributed by atoms with Gasteiger partial charge in [0.25, 0.3) is 0 Å². The molecule has 0 bridgehead atoms. The van der Waals surface area contributed by atoms with Crippen LogP contribution in [0.1, 0.15) is 31.7 Å². The van der Waals surface area contributed by atoms with Gasteiger partial charge < -0.3 is 0 Å². The van der Waals surface area contributed by atoms with E-state index in [-0.39, 0.29) is 0 Å². The first-order valence-corrected chi connectivity index (χ1v) is 6.05. The highest BCUT2D eigenvalue weighted by molar-refractivity contribution is 5.78. The maximum Gasteiger partial charge on any atom is 0.134 e. The molecule has 0 aliphatic carbocycles. The van der Waals surface area contributed by atoms with Gasteiger partial charge in [-0.15, -0.1) is 0 Å². The van der Waals surface area contributed by atoms with Gasteiger partial charge in [-0.3, -0.25) is 9.69 Å². The number of ketones is 1. The lowest BCUT2D eigenvalue weighted by Gasteiger charge is -2.26. The number of carbonyl (C=O) groups is 1. The molecule has 1 atom stereocenters. The molecule has 1 unspecified atom stereocenters. The van der Waals surface area contributed by atoms with Crippen LogP contribution in [0.2, 0.25) is 0 Å². The molecule has 1 aromatic rings. The molecule has 1 aromatic carbocycles. The number of Topliss-reactive ketones (excluding diaryl/α,β-unsaturated/α-hetero) is 1. The lowest BCUT2D eigenvalue weighted by molar-refractivity contribution is -0.118. The Kier molecular flexibility index (Phi) is 3.73. The summed E-state index contributed by atoms with van der Waals surface area (Å²) in [7, 11) is 0. The van der Waals surface area contributed by atoms with E-state index >= 15 is 0 Å². The van der Waals surface area contributed by atoms with E-state index < -0.39 is 0 Å². The zero-order chi connectivity index (χ0) is 11.4. The fourth-order valence-electron chi connectivity index (χ4n) is 2.22. The lowest BCUT2D eigenvalue weighted by atomic mass is 10.1. The van der Waals surface area contributed by atoms with Crippen molar-refractivity contribution in [2.75, 3.05) is 6.54 Å². The summed E-state index contributed by atoms with van der Waals surface area (Å²) in [6.45, 7) is 4.10. The number of likely N-dealkylation sites (tertiary alicyclic amines) is 1. The highest BCUT2D eigenvalue weighted by Gasteiger charge is 2.20. The van der Waals surface area contributed by atoms with E-state index in [0.717, 1.165) is 32.4 Å². The quantitative estimate of drug-likeness (QED) is 0.759. The number of carbonyl (C=O) groups excluding carboxylic acids is 1. The molecule has 0 amide bonds. The first kappa shape index (κ1) is 11.3. The molecular formula is C14H19NO. The number of rotatable bonds is 2. The van der Waals surface area contributed by atoms with Crippen LogP contribution in [0.3, 0.4) is 0 Å². The second kappa shape index (κ2) is 5.26. The van der Waals surface area contributed by atoms with Crippen molar-refractivity contribution in [3.63, 3.8) is 0 Å². The maximum atomic E-state index is 11.4. The molecule has 0 saturated carbocycles. The van der Waals surface area contributed by atoms with E-state index in [2.05, 4.69) is 36.1 Å². The van der Waals surface area contributed by atoms with Crippen LogP contribution in [-0.4, -0.2) is 23.3 Å². The average Bonchev–Trinajstić information content (AvgIpc) is 2.46. The predicted molar refractivity (Wildman–Crippen MR) is 65.2 cm³/mol. The number of nitrogens with zero attached hydrogens (tertiary/aromatic N) is 1. The summed E-state index contributed by atoms with van der Waals surface area (Å²) in [5.74, 6) is 0.419. The number of hydrogen-bond donors (Lipinski definition) is 0. The van der Waals surface area contributed by atoms with Crippen LogP contribution in [0.5, 0.6) is 0 Å². The zero-order valence-electron chi connectivity index (χ0n) is 9.86. The van der Waals surface area contributed by atoms with Gasteiger partial charge in [-0.2, -0.15) is 0 Å². The monoisotopic (exact) mass is 217 g/mol. The minimum Gasteiger partial charge on any atom is -0.300 e. The Morgan fingerprint density at radius 3 is 2.75 bits per heavy atom. The van der Waals surface area contributed by atoms with Crippen LogP contribution >= 0.6 is 0 Å². The van der Waals surface area contributed by atoms with E-state index in [1.54, 1.807) is 0 Å². The highest BCUT2D eigenvalue weighted by atomic mass is 16.1. The van der Waals surface area contributed by atoms with Crippen molar-refractivity contribution in [2.45, 2.75) is 38.8 Å². The molecule has 2 rings (SSSR count). The van der Waals surface area contributed by atoms with Crippen molar-refractivity contribution < 1.29 is 4.79 Å². The summed E-state index contributed by atoms with van der Waals surface area (Å²) in [5.41, 5.74) is 1.34. The van der Waals surface area contributed by atoms with E-state index in [1.807, 2.05) is 6.07 Å². The molecule has 1 fully saturated rings. The SMILES string of the molecule is CC1CCC(=O)CCN1Cc1ccccc1. The molecule has 0 spiro atoms. The highest BCUT2D eigenvalue weighted by Crippen LogP contribution is 2.17. The Morgan fingerprint density at radius 1 is 1.25 bits per heavy atom. The molecule has 2 nitrogen and oxygen atoms in total. The van der Waals surface area contributed by atoms with Crippen molar-refractivity contribution >= 4 is 5.78 Å². The van der Waals surface area contributed by atoms with Crippen molar-refractivity contribution in [1.82, 2.24) is 4.90 Å². The molecule has 86 valence electrons. The first-order valence-electron chi connectivity index (χ1n) is 6.05. The normalized spacial score (nSPS) is 23.1. The van der Waals surface area contributed by atoms with Crippen molar-refractivity contribution in [1.29, 1.82) is 0 Å². The Hall–Kier alpha value is -1.15. The minimum absolute atomic E-state index is 0.419. The lowest BCUT2D eigenvalue weighted by Crippen LogP contribution is -2.31. The van der Waals surface area contributed by atoms with Crippen molar-refractivity contribution in [3.05, 3.63) is 35.9 Å². The van der Waals surface area contributed by atoms with Gasteiger partial charge in [0.05, 0.1) is 0 Å². The van der Waals surface area contributed by atoms with E-state index in [4.69, 9.17) is 0 Å². The average molecular weight is 217 g/mol. The standard InChI is InChI=1S/C14H19NO/c1-12-7-8-14(16)9-10-15(12)11-13-5-3-2-4-6-13/h2-6,12H,7-11H2,1H3. The van der Waals surface area contributed by atoms with Crippen LogP contribution in [0.4, 0.5) is 0 Å². The van der Waals surface area contributed by atoms with E-state index in [1.165, 1.54) is 5.56 Å². The summed E-state index contributed by atoms with van der Waals surface area (Å²) in [6.07, 6.45) is 2.48. The second-order valence-corrected chi connectivity index (χ2v) is 4.63. The smallest absolute Gasteiger partial charge is 0.134 e. The van der Waals surface area contributed by atoms with Crippen LogP contribution in [0.15, 0.2) is 30.3 Å². The third-order valence-electron chi connectivity index (χ3n) is 3.37. The molecule has 1 aliphatic heterocycles. The van der Waals surface area contributed by atoms with Gasteiger partial charge in [0.15, 0.2) is 0 Å². The Labute approximate surface area is 97.3 Å². The Morgan fingerprint density at radius 2 is 2.00 bits per heavy atom. The van der Waals surface area contributed by atoms with Gasteiger partial charge in [-0.05, 0) is 18.9 Å². The van der Waals surface area contributed by atoms with Crippen LogP contribution < -0.4 is 0 Å². The maximum absolute atomic E-state index is 11.4. The first-order chi connectivity index (χ1) is 7.75. The molecule has 0 aromatic heterocycles. The summed E-state index contributed by atoms with van der Waals surface area (Å²) in [5, 5.41) is 0. The summed E-state index contributed by atoms with van der Waals surface area (Å²) in [4.78, 5) is 13.8. The second-order valence-electron chi connectivity index (χ2n) is 4.63. The van der Waals surface area contributed by atoms with Crippen molar-refractivity contribution in [3.8, 4) is 0 Å². The molecule has 2 heteroatoms. The third kappa shape index (κ3) is 2.92. The fraction of sp³-hybridized carbons (Fsp3) is 0.500. The topological polar surface area (TPSA) is 20.3 Å². The van der Waals surface area contributed by atoms with Crippen molar-refractivity contribution in [2.24, 2.45) is 0 Å².